The molecule has 1 saturated carbocycles. The number of hydrogen-bond acceptors (Lipinski definition) is 4. The molecule has 1 aromatic heterocycles. The predicted molar refractivity (Wildman–Crippen MR) is 87.2 cm³/mol. The summed E-state index contributed by atoms with van der Waals surface area (Å²) >= 11 is 0. The minimum absolute atomic E-state index is 0.135. The summed E-state index contributed by atoms with van der Waals surface area (Å²) in [5.74, 6) is 0.734. The Morgan fingerprint density at radius 1 is 1.33 bits per heavy atom. The first-order valence-electron chi connectivity index (χ1n) is 7.66. The lowest BCUT2D eigenvalue weighted by atomic mass is 9.77. The number of nitrogens with one attached hydrogen (secondary N) is 1. The van der Waals surface area contributed by atoms with E-state index in [0.29, 0.717) is 5.69 Å². The molecule has 112 valence electrons. The van der Waals surface area contributed by atoms with Crippen molar-refractivity contribution in [3.8, 4) is 0 Å². The van der Waals surface area contributed by atoms with Crippen molar-refractivity contribution in [3.63, 3.8) is 0 Å². The zero-order chi connectivity index (χ0) is 14.9. The fourth-order valence-corrected chi connectivity index (χ4v) is 3.20. The third kappa shape index (κ3) is 2.68. The zero-order valence-electron chi connectivity index (χ0n) is 12.5. The van der Waals surface area contributed by atoms with E-state index in [1.807, 2.05) is 24.3 Å². The van der Waals surface area contributed by atoms with Crippen LogP contribution in [0.4, 0.5) is 11.4 Å². The highest BCUT2D eigenvalue weighted by molar-refractivity contribution is 5.97. The van der Waals surface area contributed by atoms with E-state index in [1.165, 1.54) is 0 Å². The number of benzene rings is 1. The molecule has 1 aliphatic carbocycles. The Balaban J connectivity index is 1.98. The van der Waals surface area contributed by atoms with Gasteiger partial charge in [0, 0.05) is 5.39 Å². The van der Waals surface area contributed by atoms with Gasteiger partial charge in [-0.05, 0) is 37.7 Å². The molecule has 3 rings (SSSR count). The van der Waals surface area contributed by atoms with Gasteiger partial charge < -0.3 is 16.2 Å². The summed E-state index contributed by atoms with van der Waals surface area (Å²) in [6, 6.07) is 7.97. The van der Waals surface area contributed by atoms with Crippen molar-refractivity contribution in [2.45, 2.75) is 38.1 Å². The number of nitrogen functional groups attached to an aromatic ring is 1. The van der Waals surface area contributed by atoms with E-state index in [1.54, 1.807) is 6.20 Å². The molecule has 0 atom stereocenters. The maximum Gasteiger partial charge on any atom is 0.0743 e. The summed E-state index contributed by atoms with van der Waals surface area (Å²) in [4.78, 5) is 4.37. The predicted octanol–water partition coefficient (Wildman–Crippen LogP) is 3.17. The van der Waals surface area contributed by atoms with E-state index in [9.17, 15) is 5.11 Å². The summed E-state index contributed by atoms with van der Waals surface area (Å²) in [5.41, 5.74) is 8.35. The molecule has 0 unspecified atom stereocenters. The standard InChI is InChI=1S/C17H23N3O/c1-12-6-8-17(11-21,9-7-12)20-16-13-4-2-3-5-15(13)19-10-14(16)18/h2-5,10,12,21H,6-9,11,18H2,1H3,(H,19,20). The van der Waals surface area contributed by atoms with Crippen molar-refractivity contribution in [2.24, 2.45) is 5.92 Å². The number of hydrogen-bond donors (Lipinski definition) is 3. The average molecular weight is 285 g/mol. The minimum atomic E-state index is -0.259. The van der Waals surface area contributed by atoms with E-state index in [-0.39, 0.29) is 12.1 Å². The van der Waals surface area contributed by atoms with E-state index >= 15 is 0 Å². The van der Waals surface area contributed by atoms with Crippen LogP contribution in [0.5, 0.6) is 0 Å². The number of pyridine rings is 1. The van der Waals surface area contributed by atoms with Crippen LogP contribution in [-0.2, 0) is 0 Å². The smallest absolute Gasteiger partial charge is 0.0743 e. The fourth-order valence-electron chi connectivity index (χ4n) is 3.20. The van der Waals surface area contributed by atoms with Crippen LogP contribution in [0.25, 0.3) is 10.9 Å². The SMILES string of the molecule is CC1CCC(CO)(Nc2c(N)cnc3ccccc23)CC1. The number of nitrogens with two attached hydrogens (primary N) is 1. The second kappa shape index (κ2) is 5.53. The quantitative estimate of drug-likeness (QED) is 0.810. The highest BCUT2D eigenvalue weighted by Gasteiger charge is 2.34. The summed E-state index contributed by atoms with van der Waals surface area (Å²) in [5, 5.41) is 14.5. The molecule has 2 aromatic rings. The molecule has 0 aliphatic heterocycles. The van der Waals surface area contributed by atoms with Gasteiger partial charge in [0.05, 0.1) is 35.2 Å². The minimum Gasteiger partial charge on any atom is -0.396 e. The summed E-state index contributed by atoms with van der Waals surface area (Å²) in [6.07, 6.45) is 5.91. The topological polar surface area (TPSA) is 71.2 Å². The Bertz CT molecular complexity index is 633. The van der Waals surface area contributed by atoms with Gasteiger partial charge in [-0.2, -0.15) is 0 Å². The van der Waals surface area contributed by atoms with E-state index in [4.69, 9.17) is 5.73 Å². The fraction of sp³-hybridized carbons (Fsp3) is 0.471. The monoisotopic (exact) mass is 285 g/mol. The highest BCUT2D eigenvalue weighted by atomic mass is 16.3. The van der Waals surface area contributed by atoms with Crippen molar-refractivity contribution < 1.29 is 5.11 Å². The molecule has 0 spiro atoms. The van der Waals surface area contributed by atoms with Gasteiger partial charge >= 0.3 is 0 Å². The average Bonchev–Trinajstić information content (AvgIpc) is 2.52. The molecule has 1 aromatic carbocycles. The normalized spacial score (nSPS) is 25.9. The lowest BCUT2D eigenvalue weighted by molar-refractivity contribution is 0.155. The molecule has 4 heteroatoms. The first-order valence-corrected chi connectivity index (χ1v) is 7.66. The molecule has 0 saturated heterocycles. The van der Waals surface area contributed by atoms with Crippen molar-refractivity contribution in [2.75, 3.05) is 17.7 Å². The van der Waals surface area contributed by atoms with Crippen LogP contribution in [0.2, 0.25) is 0 Å². The van der Waals surface area contributed by atoms with Gasteiger partial charge in [-0.15, -0.1) is 0 Å². The third-order valence-corrected chi connectivity index (χ3v) is 4.73. The molecule has 0 radical (unpaired) electrons. The molecular weight excluding hydrogens is 262 g/mol. The van der Waals surface area contributed by atoms with Crippen LogP contribution in [0.1, 0.15) is 32.6 Å². The first kappa shape index (κ1) is 14.1. The van der Waals surface area contributed by atoms with E-state index in [2.05, 4.69) is 17.2 Å². The van der Waals surface area contributed by atoms with E-state index in [0.717, 1.165) is 48.2 Å². The number of para-hydroxylation sites is 1. The molecule has 0 bridgehead atoms. The molecule has 1 aliphatic rings. The Morgan fingerprint density at radius 3 is 2.76 bits per heavy atom. The summed E-state index contributed by atoms with van der Waals surface area (Å²) in [6.45, 7) is 2.41. The Kier molecular flexibility index (Phi) is 3.72. The van der Waals surface area contributed by atoms with Crippen molar-refractivity contribution in [3.05, 3.63) is 30.5 Å². The van der Waals surface area contributed by atoms with Gasteiger partial charge in [-0.3, -0.25) is 4.98 Å². The Hall–Kier alpha value is -1.81. The number of anilines is 2. The number of aliphatic hydroxyl groups is 1. The maximum absolute atomic E-state index is 9.93. The largest absolute Gasteiger partial charge is 0.396 e. The molecule has 1 fully saturated rings. The Morgan fingerprint density at radius 2 is 2.05 bits per heavy atom. The number of fused-ring (bicyclic) bond motifs is 1. The highest BCUT2D eigenvalue weighted by Crippen LogP contribution is 2.37. The van der Waals surface area contributed by atoms with Crippen LogP contribution in [0.3, 0.4) is 0 Å². The van der Waals surface area contributed by atoms with Gasteiger partial charge in [0.25, 0.3) is 0 Å². The van der Waals surface area contributed by atoms with Gasteiger partial charge in [-0.25, -0.2) is 0 Å². The van der Waals surface area contributed by atoms with Gasteiger partial charge in [0.2, 0.25) is 0 Å². The van der Waals surface area contributed by atoms with Crippen LogP contribution >= 0.6 is 0 Å². The lowest BCUT2D eigenvalue weighted by Gasteiger charge is -2.40. The molecule has 4 nitrogen and oxygen atoms in total. The van der Waals surface area contributed by atoms with Crippen LogP contribution in [-0.4, -0.2) is 22.2 Å². The van der Waals surface area contributed by atoms with Crippen molar-refractivity contribution in [1.29, 1.82) is 0 Å². The first-order chi connectivity index (χ1) is 10.1. The lowest BCUT2D eigenvalue weighted by Crippen LogP contribution is -2.45. The van der Waals surface area contributed by atoms with E-state index < -0.39 is 0 Å². The van der Waals surface area contributed by atoms with Crippen molar-refractivity contribution >= 4 is 22.3 Å². The molecule has 1 heterocycles. The summed E-state index contributed by atoms with van der Waals surface area (Å²) in [7, 11) is 0. The van der Waals surface area contributed by atoms with Gasteiger partial charge in [0.1, 0.15) is 0 Å². The zero-order valence-corrected chi connectivity index (χ0v) is 12.5. The number of aliphatic hydroxyl groups excluding tert-OH is 1. The molecule has 0 amide bonds. The van der Waals surface area contributed by atoms with Crippen molar-refractivity contribution in [1.82, 2.24) is 4.98 Å². The van der Waals surface area contributed by atoms with Crippen LogP contribution in [0, 0.1) is 5.92 Å². The Labute approximate surface area is 125 Å². The maximum atomic E-state index is 9.93. The summed E-state index contributed by atoms with van der Waals surface area (Å²) < 4.78 is 0. The number of nitrogens with zero attached hydrogens (tertiary/aromatic N) is 1. The van der Waals surface area contributed by atoms with Crippen LogP contribution in [0.15, 0.2) is 30.5 Å². The second-order valence-electron chi connectivity index (χ2n) is 6.35. The van der Waals surface area contributed by atoms with Gasteiger partial charge in [-0.1, -0.05) is 25.1 Å². The third-order valence-electron chi connectivity index (χ3n) is 4.73. The van der Waals surface area contributed by atoms with Crippen LogP contribution < -0.4 is 11.1 Å². The number of aromatic nitrogens is 1. The molecule has 21 heavy (non-hydrogen) atoms. The molecule has 4 N–H and O–H groups in total. The number of rotatable bonds is 3. The second-order valence-corrected chi connectivity index (χ2v) is 6.35. The van der Waals surface area contributed by atoms with Gasteiger partial charge in [0.15, 0.2) is 0 Å². The molecular formula is C17H23N3O.